The Morgan fingerprint density at radius 1 is 1.73 bits per heavy atom. The van der Waals surface area contributed by atoms with E-state index in [1.165, 1.54) is 0 Å². The van der Waals surface area contributed by atoms with Crippen LogP contribution in [0, 0.1) is 17.8 Å². The van der Waals surface area contributed by atoms with Crippen molar-refractivity contribution in [1.29, 1.82) is 0 Å². The average molecular weight is 152 g/mol. The molecule has 0 N–H and O–H groups in total. The predicted molar refractivity (Wildman–Crippen MR) is 41.7 cm³/mol. The van der Waals surface area contributed by atoms with Crippen molar-refractivity contribution in [3.05, 3.63) is 0 Å². The Labute approximate surface area is 66.9 Å². The molecule has 0 spiro atoms. The maximum Gasteiger partial charge on any atom is 0.306 e. The molecular formula is C9H12O2. The molecule has 1 rings (SSSR count). The Hall–Kier alpha value is -0.970. The molecule has 1 aliphatic rings. The highest BCUT2D eigenvalue weighted by atomic mass is 16.5. The van der Waals surface area contributed by atoms with Crippen molar-refractivity contribution < 1.29 is 9.53 Å². The van der Waals surface area contributed by atoms with Crippen LogP contribution in [0.25, 0.3) is 0 Å². The van der Waals surface area contributed by atoms with Crippen LogP contribution in [0.1, 0.15) is 26.7 Å². The lowest BCUT2D eigenvalue weighted by molar-refractivity contribution is -0.140. The number of ether oxygens (including phenoxy) is 1. The van der Waals surface area contributed by atoms with Crippen LogP contribution in [-0.4, -0.2) is 12.1 Å². The summed E-state index contributed by atoms with van der Waals surface area (Å²) in [7, 11) is 0. The lowest BCUT2D eigenvalue weighted by Crippen LogP contribution is -2.09. The van der Waals surface area contributed by atoms with Gasteiger partial charge in [-0.15, -0.1) is 11.8 Å². The van der Waals surface area contributed by atoms with Crippen molar-refractivity contribution >= 4 is 5.97 Å². The predicted octanol–water partition coefficient (Wildman–Crippen LogP) is 1.35. The summed E-state index contributed by atoms with van der Waals surface area (Å²) < 4.78 is 4.96. The Morgan fingerprint density at radius 3 is 2.91 bits per heavy atom. The average Bonchev–Trinajstić information content (AvgIpc) is 2.26. The Kier molecular flexibility index (Phi) is 2.53. The van der Waals surface area contributed by atoms with E-state index < -0.39 is 0 Å². The van der Waals surface area contributed by atoms with E-state index in [1.54, 1.807) is 0 Å². The topological polar surface area (TPSA) is 26.3 Å². The fraction of sp³-hybridized carbons (Fsp3) is 0.667. The van der Waals surface area contributed by atoms with Crippen LogP contribution in [0.2, 0.25) is 0 Å². The molecule has 0 aromatic carbocycles. The largest absolute Gasteiger partial charge is 0.462 e. The monoisotopic (exact) mass is 152 g/mol. The first-order valence-corrected chi connectivity index (χ1v) is 3.83. The van der Waals surface area contributed by atoms with E-state index in [-0.39, 0.29) is 12.1 Å². The number of carbonyl (C=O) groups is 1. The Balaban J connectivity index is 2.44. The fourth-order valence-electron chi connectivity index (χ4n) is 1.20. The van der Waals surface area contributed by atoms with Gasteiger partial charge >= 0.3 is 5.97 Å². The number of hydrogen-bond donors (Lipinski definition) is 0. The molecule has 0 aliphatic carbocycles. The van der Waals surface area contributed by atoms with E-state index in [0.717, 1.165) is 6.42 Å². The molecule has 0 aromatic rings. The molecule has 1 aliphatic heterocycles. The van der Waals surface area contributed by atoms with Gasteiger partial charge in [0, 0.05) is 12.3 Å². The molecule has 0 bridgehead atoms. The second kappa shape index (κ2) is 3.43. The van der Waals surface area contributed by atoms with Crippen molar-refractivity contribution in [2.75, 3.05) is 0 Å². The maximum absolute atomic E-state index is 10.8. The SMILES string of the molecule is CC#CC[C@H]1CC(=O)O[C@H]1C. The number of esters is 1. The van der Waals surface area contributed by atoms with Crippen LogP contribution in [0.4, 0.5) is 0 Å². The zero-order valence-electron chi connectivity index (χ0n) is 6.89. The van der Waals surface area contributed by atoms with Crippen molar-refractivity contribution in [1.82, 2.24) is 0 Å². The van der Waals surface area contributed by atoms with Crippen molar-refractivity contribution in [3.8, 4) is 11.8 Å². The lowest BCUT2D eigenvalue weighted by atomic mass is 9.99. The third kappa shape index (κ3) is 1.98. The van der Waals surface area contributed by atoms with Crippen molar-refractivity contribution in [2.24, 2.45) is 5.92 Å². The molecule has 11 heavy (non-hydrogen) atoms. The van der Waals surface area contributed by atoms with Gasteiger partial charge in [0.1, 0.15) is 6.10 Å². The molecule has 2 nitrogen and oxygen atoms in total. The first-order valence-electron chi connectivity index (χ1n) is 3.83. The number of rotatable bonds is 1. The summed E-state index contributed by atoms with van der Waals surface area (Å²) in [6, 6.07) is 0. The minimum absolute atomic E-state index is 0.0587. The van der Waals surface area contributed by atoms with Crippen molar-refractivity contribution in [3.63, 3.8) is 0 Å². The first kappa shape index (κ1) is 8.13. The van der Waals surface area contributed by atoms with E-state index in [4.69, 9.17) is 4.74 Å². The summed E-state index contributed by atoms with van der Waals surface area (Å²) in [6.07, 6.45) is 1.38. The first-order chi connectivity index (χ1) is 5.24. The van der Waals surface area contributed by atoms with E-state index in [0.29, 0.717) is 12.3 Å². The molecule has 0 aromatic heterocycles. The summed E-state index contributed by atoms with van der Waals surface area (Å²) in [6.45, 7) is 3.73. The van der Waals surface area contributed by atoms with Gasteiger partial charge < -0.3 is 4.74 Å². The van der Waals surface area contributed by atoms with Gasteiger partial charge in [-0.2, -0.15) is 0 Å². The van der Waals surface area contributed by atoms with Gasteiger partial charge in [-0.05, 0) is 13.8 Å². The summed E-state index contributed by atoms with van der Waals surface area (Å²) in [5.74, 6) is 6.00. The lowest BCUT2D eigenvalue weighted by Gasteiger charge is -2.07. The highest BCUT2D eigenvalue weighted by Crippen LogP contribution is 2.23. The summed E-state index contributed by atoms with van der Waals surface area (Å²) >= 11 is 0. The molecule has 1 saturated heterocycles. The van der Waals surface area contributed by atoms with Gasteiger partial charge in [-0.3, -0.25) is 4.79 Å². The van der Waals surface area contributed by atoms with Crippen LogP contribution in [0.3, 0.4) is 0 Å². The standard InChI is InChI=1S/C9H12O2/c1-3-4-5-8-6-9(10)11-7(8)2/h7-8H,5-6H2,1-2H3/t7-,8-/m0/s1. The molecule has 0 saturated carbocycles. The zero-order chi connectivity index (χ0) is 8.27. The van der Waals surface area contributed by atoms with Gasteiger partial charge in [0.15, 0.2) is 0 Å². The molecule has 0 amide bonds. The smallest absolute Gasteiger partial charge is 0.306 e. The fourth-order valence-corrected chi connectivity index (χ4v) is 1.20. The third-order valence-corrected chi connectivity index (χ3v) is 1.95. The van der Waals surface area contributed by atoms with Crippen molar-refractivity contribution in [2.45, 2.75) is 32.8 Å². The van der Waals surface area contributed by atoms with Gasteiger partial charge in [-0.25, -0.2) is 0 Å². The quantitative estimate of drug-likeness (QED) is 0.419. The summed E-state index contributed by atoms with van der Waals surface area (Å²) in [5, 5.41) is 0. The normalized spacial score (nSPS) is 29.1. The number of cyclic esters (lactones) is 1. The van der Waals surface area contributed by atoms with Crippen LogP contribution in [0.5, 0.6) is 0 Å². The minimum Gasteiger partial charge on any atom is -0.462 e. The molecule has 2 atom stereocenters. The van der Waals surface area contributed by atoms with Crippen LogP contribution in [0.15, 0.2) is 0 Å². The number of carbonyl (C=O) groups excluding carboxylic acids is 1. The van der Waals surface area contributed by atoms with Gasteiger partial charge in [0.05, 0.1) is 6.42 Å². The minimum atomic E-state index is -0.0830. The summed E-state index contributed by atoms with van der Waals surface area (Å²) in [4.78, 5) is 10.8. The molecule has 60 valence electrons. The maximum atomic E-state index is 10.8. The van der Waals surface area contributed by atoms with E-state index in [2.05, 4.69) is 11.8 Å². The van der Waals surface area contributed by atoms with Crippen LogP contribution in [-0.2, 0) is 9.53 Å². The van der Waals surface area contributed by atoms with Gasteiger partial charge in [0.2, 0.25) is 0 Å². The highest BCUT2D eigenvalue weighted by molar-refractivity contribution is 5.72. The second-order valence-electron chi connectivity index (χ2n) is 2.79. The number of hydrogen-bond acceptors (Lipinski definition) is 2. The molecule has 0 unspecified atom stereocenters. The third-order valence-electron chi connectivity index (χ3n) is 1.95. The molecular weight excluding hydrogens is 140 g/mol. The highest BCUT2D eigenvalue weighted by Gasteiger charge is 2.30. The molecule has 0 radical (unpaired) electrons. The Morgan fingerprint density at radius 2 is 2.45 bits per heavy atom. The zero-order valence-corrected chi connectivity index (χ0v) is 6.89. The Bertz CT molecular complexity index is 209. The molecule has 1 fully saturated rings. The molecule has 2 heteroatoms. The van der Waals surface area contributed by atoms with E-state index in [9.17, 15) is 4.79 Å². The van der Waals surface area contributed by atoms with Gasteiger partial charge in [0.25, 0.3) is 0 Å². The summed E-state index contributed by atoms with van der Waals surface area (Å²) in [5.41, 5.74) is 0. The second-order valence-corrected chi connectivity index (χ2v) is 2.79. The van der Waals surface area contributed by atoms with Crippen LogP contribution < -0.4 is 0 Å². The molecule has 1 heterocycles. The van der Waals surface area contributed by atoms with Crippen LogP contribution >= 0.6 is 0 Å². The van der Waals surface area contributed by atoms with Gasteiger partial charge in [-0.1, -0.05) is 0 Å². The van der Waals surface area contributed by atoms with E-state index in [1.807, 2.05) is 13.8 Å². The van der Waals surface area contributed by atoms with E-state index >= 15 is 0 Å².